The van der Waals surface area contributed by atoms with Gasteiger partial charge >= 0.3 is 0 Å². The van der Waals surface area contributed by atoms with E-state index < -0.39 is 0 Å². The van der Waals surface area contributed by atoms with Crippen molar-refractivity contribution >= 4 is 10.9 Å². The molecule has 1 aliphatic heterocycles. The molecule has 1 aromatic carbocycles. The summed E-state index contributed by atoms with van der Waals surface area (Å²) in [6.45, 7) is 6.99. The summed E-state index contributed by atoms with van der Waals surface area (Å²) in [6.07, 6.45) is 3.46. The number of aliphatic hydroxyl groups is 1. The predicted molar refractivity (Wildman–Crippen MR) is 85.6 cm³/mol. The van der Waals surface area contributed by atoms with Crippen LogP contribution in [0.25, 0.3) is 10.9 Å². The van der Waals surface area contributed by atoms with Gasteiger partial charge in [0.05, 0.1) is 12.1 Å². The molecule has 112 valence electrons. The van der Waals surface area contributed by atoms with Gasteiger partial charge in [-0.1, -0.05) is 11.6 Å². The predicted octanol–water partition coefficient (Wildman–Crippen LogP) is 3.02. The molecule has 4 rings (SSSR count). The van der Waals surface area contributed by atoms with Crippen LogP contribution in [0.4, 0.5) is 0 Å². The molecule has 3 nitrogen and oxygen atoms in total. The summed E-state index contributed by atoms with van der Waals surface area (Å²) < 4.78 is 2.55. The van der Waals surface area contributed by atoms with Crippen LogP contribution in [0.15, 0.2) is 18.2 Å². The van der Waals surface area contributed by atoms with E-state index >= 15 is 0 Å². The number of fused-ring (bicyclic) bond motifs is 3. The second-order valence-electron chi connectivity index (χ2n) is 6.79. The normalized spacial score (nSPS) is 23.3. The first-order chi connectivity index (χ1) is 10.1. The Kier molecular flexibility index (Phi) is 3.09. The quantitative estimate of drug-likeness (QED) is 0.918. The van der Waals surface area contributed by atoms with Gasteiger partial charge in [0.2, 0.25) is 0 Å². The molecule has 1 aromatic heterocycles. The fourth-order valence-corrected chi connectivity index (χ4v) is 4.35. The maximum atomic E-state index is 9.78. The molecule has 21 heavy (non-hydrogen) atoms. The molecular formula is C18H24N2O. The molecule has 2 heterocycles. The highest BCUT2D eigenvalue weighted by Gasteiger charge is 2.34. The van der Waals surface area contributed by atoms with Crippen molar-refractivity contribution in [2.45, 2.75) is 51.8 Å². The monoisotopic (exact) mass is 284 g/mol. The van der Waals surface area contributed by atoms with E-state index in [2.05, 4.69) is 34.6 Å². The third kappa shape index (κ3) is 2.02. The van der Waals surface area contributed by atoms with Crippen molar-refractivity contribution in [1.29, 1.82) is 0 Å². The first kappa shape index (κ1) is 13.4. The number of hydrogen-bond acceptors (Lipinski definition) is 2. The van der Waals surface area contributed by atoms with Crippen LogP contribution in [0.5, 0.6) is 0 Å². The number of rotatable bonds is 2. The van der Waals surface area contributed by atoms with Crippen molar-refractivity contribution in [1.82, 2.24) is 9.47 Å². The average molecular weight is 284 g/mol. The van der Waals surface area contributed by atoms with Crippen LogP contribution < -0.4 is 0 Å². The molecule has 0 saturated carbocycles. The molecule has 0 radical (unpaired) electrons. The van der Waals surface area contributed by atoms with Crippen LogP contribution in [0.2, 0.25) is 0 Å². The Morgan fingerprint density at radius 3 is 3.00 bits per heavy atom. The topological polar surface area (TPSA) is 28.4 Å². The molecule has 2 atom stereocenters. The number of aryl methyl sites for hydroxylation is 2. The average Bonchev–Trinajstić information content (AvgIpc) is 2.77. The lowest BCUT2D eigenvalue weighted by Crippen LogP contribution is -2.42. The second kappa shape index (κ2) is 4.85. The molecule has 2 aliphatic rings. The van der Waals surface area contributed by atoms with E-state index in [9.17, 15) is 5.11 Å². The highest BCUT2D eigenvalue weighted by atomic mass is 16.3. The summed E-state index contributed by atoms with van der Waals surface area (Å²) in [6, 6.07) is 7.39. The highest BCUT2D eigenvalue weighted by Crippen LogP contribution is 2.42. The van der Waals surface area contributed by atoms with Crippen molar-refractivity contribution in [3.05, 3.63) is 35.0 Å². The van der Waals surface area contributed by atoms with Gasteiger partial charge < -0.3 is 9.67 Å². The maximum Gasteiger partial charge on any atom is 0.0639 e. The second-order valence-corrected chi connectivity index (χ2v) is 6.79. The molecule has 1 aliphatic carbocycles. The minimum atomic E-state index is -0.242. The first-order valence-corrected chi connectivity index (χ1v) is 8.19. The Labute approximate surface area is 126 Å². The zero-order chi connectivity index (χ0) is 14.6. The maximum absolute atomic E-state index is 9.78. The fourth-order valence-electron chi connectivity index (χ4n) is 4.35. The molecule has 0 spiro atoms. The van der Waals surface area contributed by atoms with Gasteiger partial charge in [0.25, 0.3) is 0 Å². The van der Waals surface area contributed by atoms with Crippen LogP contribution in [0.1, 0.15) is 42.6 Å². The van der Waals surface area contributed by atoms with E-state index in [-0.39, 0.29) is 6.10 Å². The minimum Gasteiger partial charge on any atom is -0.392 e. The van der Waals surface area contributed by atoms with Crippen LogP contribution >= 0.6 is 0 Å². The van der Waals surface area contributed by atoms with Gasteiger partial charge in [0, 0.05) is 36.2 Å². The summed E-state index contributed by atoms with van der Waals surface area (Å²) in [4.78, 5) is 2.49. The van der Waals surface area contributed by atoms with Crippen LogP contribution in [-0.4, -0.2) is 33.8 Å². The third-order valence-electron chi connectivity index (χ3n) is 5.14. The smallest absolute Gasteiger partial charge is 0.0639 e. The van der Waals surface area contributed by atoms with Gasteiger partial charge in [-0.05, 0) is 50.8 Å². The van der Waals surface area contributed by atoms with E-state index in [0.29, 0.717) is 6.04 Å². The highest BCUT2D eigenvalue weighted by molar-refractivity contribution is 5.87. The van der Waals surface area contributed by atoms with Gasteiger partial charge in [-0.25, -0.2) is 0 Å². The number of β-amino-alcohol motifs (C(OH)–C–C–N with tert-alkyl or cyclic N) is 1. The lowest BCUT2D eigenvalue weighted by atomic mass is 9.89. The lowest BCUT2D eigenvalue weighted by molar-refractivity contribution is 0.0731. The molecular weight excluding hydrogens is 260 g/mol. The lowest BCUT2D eigenvalue weighted by Gasteiger charge is -2.40. The zero-order valence-electron chi connectivity index (χ0n) is 13.0. The summed E-state index contributed by atoms with van der Waals surface area (Å²) in [5.41, 5.74) is 5.87. The van der Waals surface area contributed by atoms with Gasteiger partial charge in [-0.15, -0.1) is 0 Å². The van der Waals surface area contributed by atoms with Crippen molar-refractivity contribution in [2.75, 3.05) is 13.1 Å². The van der Waals surface area contributed by atoms with E-state index in [1.165, 1.54) is 41.4 Å². The van der Waals surface area contributed by atoms with E-state index in [0.717, 1.165) is 19.6 Å². The van der Waals surface area contributed by atoms with Crippen LogP contribution in [-0.2, 0) is 13.0 Å². The number of benzene rings is 1. The van der Waals surface area contributed by atoms with E-state index in [1.54, 1.807) is 5.56 Å². The van der Waals surface area contributed by atoms with Crippen LogP contribution in [0, 0.1) is 6.92 Å². The van der Waals surface area contributed by atoms with Crippen LogP contribution in [0.3, 0.4) is 0 Å². The summed E-state index contributed by atoms with van der Waals surface area (Å²) in [5.74, 6) is 0. The molecule has 0 saturated heterocycles. The Morgan fingerprint density at radius 1 is 1.33 bits per heavy atom. The van der Waals surface area contributed by atoms with Crippen molar-refractivity contribution in [2.24, 2.45) is 0 Å². The Balaban J connectivity index is 1.88. The third-order valence-corrected chi connectivity index (χ3v) is 5.14. The largest absolute Gasteiger partial charge is 0.392 e. The van der Waals surface area contributed by atoms with Gasteiger partial charge in [-0.3, -0.25) is 4.90 Å². The molecule has 3 heteroatoms. The van der Waals surface area contributed by atoms with E-state index in [4.69, 9.17) is 0 Å². The molecule has 0 bridgehead atoms. The minimum absolute atomic E-state index is 0.242. The standard InChI is InChI=1S/C18H24N2O/c1-12-6-7-16-15(10-12)14-4-3-5-17-18(14)20(16)9-8-19(17)11-13(2)21/h6-7,10,13,17,21H,3-5,8-9,11H2,1-2H3/t13-,17+/m0/s1. The Hall–Kier alpha value is -1.32. The number of aromatic nitrogens is 1. The number of hydrogen-bond donors (Lipinski definition) is 1. The molecule has 1 N–H and O–H groups in total. The number of aliphatic hydroxyl groups excluding tert-OH is 1. The molecule has 0 fully saturated rings. The molecule has 0 unspecified atom stereocenters. The Bertz CT molecular complexity index is 686. The van der Waals surface area contributed by atoms with E-state index in [1.807, 2.05) is 6.92 Å². The molecule has 2 aromatic rings. The SMILES string of the molecule is Cc1ccc2c(c1)c1c3n2CCN(C[C@H](C)O)[C@@H]3CCC1. The summed E-state index contributed by atoms with van der Waals surface area (Å²) in [5, 5.41) is 11.2. The van der Waals surface area contributed by atoms with Crippen molar-refractivity contribution in [3.63, 3.8) is 0 Å². The van der Waals surface area contributed by atoms with Crippen molar-refractivity contribution < 1.29 is 5.11 Å². The number of nitrogens with zero attached hydrogens (tertiary/aromatic N) is 2. The fraction of sp³-hybridized carbons (Fsp3) is 0.556. The Morgan fingerprint density at radius 2 is 2.19 bits per heavy atom. The zero-order valence-corrected chi connectivity index (χ0v) is 13.0. The van der Waals surface area contributed by atoms with Crippen molar-refractivity contribution in [3.8, 4) is 0 Å². The summed E-state index contributed by atoms with van der Waals surface area (Å²) >= 11 is 0. The van der Waals surface area contributed by atoms with Gasteiger partial charge in [0.1, 0.15) is 0 Å². The first-order valence-electron chi connectivity index (χ1n) is 8.19. The molecule has 0 amide bonds. The van der Waals surface area contributed by atoms with Gasteiger partial charge in [-0.2, -0.15) is 0 Å². The van der Waals surface area contributed by atoms with Gasteiger partial charge in [0.15, 0.2) is 0 Å². The summed E-state index contributed by atoms with van der Waals surface area (Å²) in [7, 11) is 0.